The van der Waals surface area contributed by atoms with Crippen molar-refractivity contribution < 1.29 is 4.79 Å². The first-order valence-electron chi connectivity index (χ1n) is 7.43. The Hall–Kier alpha value is -1.62. The Kier molecular flexibility index (Phi) is 5.77. The minimum atomic E-state index is -0.247. The van der Waals surface area contributed by atoms with Gasteiger partial charge >= 0.3 is 0 Å². The van der Waals surface area contributed by atoms with Gasteiger partial charge in [-0.2, -0.15) is 5.10 Å². The van der Waals surface area contributed by atoms with Gasteiger partial charge in [-0.15, -0.1) is 0 Å². The van der Waals surface area contributed by atoms with Crippen molar-refractivity contribution in [1.82, 2.24) is 14.7 Å². The second-order valence-corrected chi connectivity index (χ2v) is 6.38. The molecule has 4 nitrogen and oxygen atoms in total. The number of nitrogens with zero attached hydrogens (tertiary/aromatic N) is 3. The summed E-state index contributed by atoms with van der Waals surface area (Å²) in [5, 5.41) is 5.58. The Morgan fingerprint density at radius 3 is 2.59 bits per heavy atom. The number of halogens is 1. The highest BCUT2D eigenvalue weighted by Crippen LogP contribution is 2.25. The van der Waals surface area contributed by atoms with Crippen LogP contribution in [0.15, 0.2) is 36.5 Å². The van der Waals surface area contributed by atoms with Crippen molar-refractivity contribution in [3.05, 3.63) is 42.1 Å². The summed E-state index contributed by atoms with van der Waals surface area (Å²) in [6.07, 6.45) is 3.68. The topological polar surface area (TPSA) is 38.1 Å². The number of aryl methyl sites for hydroxylation is 1. The van der Waals surface area contributed by atoms with Gasteiger partial charge in [-0.05, 0) is 25.3 Å². The van der Waals surface area contributed by atoms with E-state index in [9.17, 15) is 4.79 Å². The van der Waals surface area contributed by atoms with Crippen LogP contribution in [0.5, 0.6) is 0 Å². The summed E-state index contributed by atoms with van der Waals surface area (Å²) in [7, 11) is 3.58. The number of likely N-dealkylation sites (N-methyl/N-ethyl adjacent to an activating group) is 1. The van der Waals surface area contributed by atoms with Crippen molar-refractivity contribution in [1.29, 1.82) is 0 Å². The lowest BCUT2D eigenvalue weighted by molar-refractivity contribution is -0.132. The molecular weight excluding hydrogens is 342 g/mol. The number of carbonyl (C=O) groups is 1. The Labute approximate surface area is 140 Å². The molecule has 1 aromatic carbocycles. The molecule has 118 valence electrons. The summed E-state index contributed by atoms with van der Waals surface area (Å²) in [5.41, 5.74) is 3.10. The highest BCUT2D eigenvalue weighted by Gasteiger charge is 2.23. The lowest BCUT2D eigenvalue weighted by atomic mass is 10.1. The van der Waals surface area contributed by atoms with Gasteiger partial charge in [0.15, 0.2) is 0 Å². The molecule has 1 aromatic heterocycles. The predicted octanol–water partition coefficient (Wildman–Crippen LogP) is 3.66. The van der Waals surface area contributed by atoms with E-state index in [1.165, 1.54) is 0 Å². The van der Waals surface area contributed by atoms with Crippen LogP contribution < -0.4 is 0 Å². The van der Waals surface area contributed by atoms with E-state index in [4.69, 9.17) is 5.10 Å². The third-order valence-electron chi connectivity index (χ3n) is 3.62. The van der Waals surface area contributed by atoms with E-state index in [-0.39, 0.29) is 11.9 Å². The molecule has 0 spiro atoms. The third-order valence-corrected chi connectivity index (χ3v) is 4.18. The number of carbonyl (C=O) groups excluding carboxylic acids is 1. The van der Waals surface area contributed by atoms with Crippen LogP contribution in [-0.4, -0.2) is 40.0 Å². The van der Waals surface area contributed by atoms with E-state index in [1.807, 2.05) is 48.1 Å². The van der Waals surface area contributed by atoms with Crippen molar-refractivity contribution >= 4 is 21.8 Å². The van der Waals surface area contributed by atoms with E-state index in [2.05, 4.69) is 15.9 Å². The van der Waals surface area contributed by atoms with Gasteiger partial charge in [-0.1, -0.05) is 46.3 Å². The number of alkyl halides is 1. The molecule has 0 saturated heterocycles. The van der Waals surface area contributed by atoms with Gasteiger partial charge in [-0.3, -0.25) is 9.48 Å². The van der Waals surface area contributed by atoms with Crippen molar-refractivity contribution in [2.75, 3.05) is 19.4 Å². The lowest BCUT2D eigenvalue weighted by Crippen LogP contribution is -2.32. The van der Waals surface area contributed by atoms with Crippen LogP contribution in [0.1, 0.15) is 24.4 Å². The predicted molar refractivity (Wildman–Crippen MR) is 93.2 cm³/mol. The molecule has 1 heterocycles. The summed E-state index contributed by atoms with van der Waals surface area (Å²) in [5.74, 6) is 0.0862. The molecule has 1 unspecified atom stereocenters. The van der Waals surface area contributed by atoms with Gasteiger partial charge in [0, 0.05) is 31.2 Å². The van der Waals surface area contributed by atoms with Gasteiger partial charge in [-0.25, -0.2) is 0 Å². The molecule has 0 aliphatic rings. The molecule has 1 atom stereocenters. The largest absolute Gasteiger partial charge is 0.347 e. The van der Waals surface area contributed by atoms with E-state index in [0.29, 0.717) is 0 Å². The van der Waals surface area contributed by atoms with Gasteiger partial charge in [0.2, 0.25) is 5.91 Å². The fourth-order valence-electron chi connectivity index (χ4n) is 2.46. The fourth-order valence-corrected chi connectivity index (χ4v) is 2.79. The van der Waals surface area contributed by atoms with Crippen molar-refractivity contribution in [2.24, 2.45) is 0 Å². The minimum Gasteiger partial charge on any atom is -0.347 e. The van der Waals surface area contributed by atoms with Crippen LogP contribution >= 0.6 is 15.9 Å². The monoisotopic (exact) mass is 363 g/mol. The maximum Gasteiger partial charge on any atom is 0.246 e. The molecule has 5 heteroatoms. The van der Waals surface area contributed by atoms with Crippen LogP contribution in [0.2, 0.25) is 0 Å². The third kappa shape index (κ3) is 3.77. The molecule has 0 aliphatic heterocycles. The van der Waals surface area contributed by atoms with Crippen molar-refractivity contribution in [3.63, 3.8) is 0 Å². The molecule has 1 amide bonds. The van der Waals surface area contributed by atoms with Gasteiger partial charge in [0.1, 0.15) is 6.04 Å². The Morgan fingerprint density at radius 1 is 1.32 bits per heavy atom. The highest BCUT2D eigenvalue weighted by atomic mass is 79.9. The zero-order valence-electron chi connectivity index (χ0n) is 13.3. The standard InChI is InChI=1S/C17H22BrN3O/c1-13-12-21(15(10-7-11-18)17(22)20(2)3)19-16(13)14-8-5-4-6-9-14/h4-6,8-9,12,15H,7,10-11H2,1-3H3. The molecule has 0 N–H and O–H groups in total. The van der Waals surface area contributed by atoms with E-state index >= 15 is 0 Å². The number of hydrogen-bond acceptors (Lipinski definition) is 2. The molecule has 0 fully saturated rings. The van der Waals surface area contributed by atoms with Gasteiger partial charge < -0.3 is 4.90 Å². The Bertz CT molecular complexity index is 622. The van der Waals surface area contributed by atoms with E-state index < -0.39 is 0 Å². The highest BCUT2D eigenvalue weighted by molar-refractivity contribution is 9.09. The summed E-state index contributed by atoms with van der Waals surface area (Å²) in [4.78, 5) is 14.1. The molecular formula is C17H22BrN3O. The fraction of sp³-hybridized carbons (Fsp3) is 0.412. The van der Waals surface area contributed by atoms with Crippen LogP contribution in [0.4, 0.5) is 0 Å². The minimum absolute atomic E-state index is 0.0862. The Balaban J connectivity index is 2.35. The number of hydrogen-bond donors (Lipinski definition) is 0. The zero-order valence-corrected chi connectivity index (χ0v) is 14.9. The molecule has 0 aliphatic carbocycles. The first kappa shape index (κ1) is 16.7. The Morgan fingerprint density at radius 2 is 2.00 bits per heavy atom. The summed E-state index contributed by atoms with van der Waals surface area (Å²) < 4.78 is 1.82. The van der Waals surface area contributed by atoms with E-state index in [0.717, 1.165) is 35.0 Å². The van der Waals surface area contributed by atoms with Crippen molar-refractivity contribution in [2.45, 2.75) is 25.8 Å². The average Bonchev–Trinajstić information content (AvgIpc) is 2.90. The van der Waals surface area contributed by atoms with Crippen LogP contribution in [0.25, 0.3) is 11.3 Å². The number of rotatable bonds is 6. The first-order chi connectivity index (χ1) is 10.5. The zero-order chi connectivity index (χ0) is 16.1. The normalized spacial score (nSPS) is 12.2. The maximum absolute atomic E-state index is 12.5. The number of aromatic nitrogens is 2. The molecule has 22 heavy (non-hydrogen) atoms. The molecule has 0 saturated carbocycles. The summed E-state index contributed by atoms with van der Waals surface area (Å²) in [6, 6.07) is 9.83. The quantitative estimate of drug-likeness (QED) is 0.734. The average molecular weight is 364 g/mol. The van der Waals surface area contributed by atoms with E-state index in [1.54, 1.807) is 19.0 Å². The number of amides is 1. The van der Waals surface area contributed by atoms with Crippen molar-refractivity contribution in [3.8, 4) is 11.3 Å². The molecule has 2 rings (SSSR count). The molecule has 0 bridgehead atoms. The summed E-state index contributed by atoms with van der Waals surface area (Å²) >= 11 is 3.44. The van der Waals surface area contributed by atoms with Crippen LogP contribution in [0.3, 0.4) is 0 Å². The van der Waals surface area contributed by atoms with Crippen LogP contribution in [0, 0.1) is 6.92 Å². The number of benzene rings is 1. The van der Waals surface area contributed by atoms with Crippen LogP contribution in [-0.2, 0) is 4.79 Å². The first-order valence-corrected chi connectivity index (χ1v) is 8.55. The van der Waals surface area contributed by atoms with Gasteiger partial charge in [0.05, 0.1) is 5.69 Å². The lowest BCUT2D eigenvalue weighted by Gasteiger charge is -2.20. The SMILES string of the molecule is Cc1cn(C(CCCBr)C(=O)N(C)C)nc1-c1ccccc1. The maximum atomic E-state index is 12.5. The second-order valence-electron chi connectivity index (χ2n) is 5.59. The molecule has 2 aromatic rings. The smallest absolute Gasteiger partial charge is 0.246 e. The van der Waals surface area contributed by atoms with Gasteiger partial charge in [0.25, 0.3) is 0 Å². The molecule has 0 radical (unpaired) electrons. The second kappa shape index (κ2) is 7.58. The summed E-state index contributed by atoms with van der Waals surface area (Å²) in [6.45, 7) is 2.04.